The standard InChI is InChI=1S/C14H16N4OS/c1-4-16-14-18-17-12(20-14)8-19-13-9(2)5-11(7-15)6-10(13)3/h5-6H,4,8H2,1-3H3,(H,16,18). The van der Waals surface area contributed by atoms with Crippen molar-refractivity contribution in [2.24, 2.45) is 0 Å². The number of nitrogens with zero attached hydrogens (tertiary/aromatic N) is 3. The van der Waals surface area contributed by atoms with Crippen molar-refractivity contribution >= 4 is 16.5 Å². The third-order valence-corrected chi connectivity index (χ3v) is 3.58. The number of rotatable bonds is 5. The third kappa shape index (κ3) is 3.25. The lowest BCUT2D eigenvalue weighted by atomic mass is 10.1. The van der Waals surface area contributed by atoms with Crippen LogP contribution < -0.4 is 10.1 Å². The average Bonchev–Trinajstić information content (AvgIpc) is 2.85. The van der Waals surface area contributed by atoms with Crippen molar-refractivity contribution in [3.05, 3.63) is 33.8 Å². The van der Waals surface area contributed by atoms with Crippen LogP contribution in [0.25, 0.3) is 0 Å². The summed E-state index contributed by atoms with van der Waals surface area (Å²) >= 11 is 1.49. The molecule has 2 rings (SSSR count). The zero-order valence-corrected chi connectivity index (χ0v) is 12.5. The number of anilines is 1. The second-order valence-corrected chi connectivity index (χ2v) is 5.43. The van der Waals surface area contributed by atoms with E-state index in [0.717, 1.165) is 33.6 Å². The van der Waals surface area contributed by atoms with Gasteiger partial charge in [-0.3, -0.25) is 0 Å². The minimum absolute atomic E-state index is 0.386. The number of hydrogen-bond acceptors (Lipinski definition) is 6. The number of benzene rings is 1. The van der Waals surface area contributed by atoms with Crippen LogP contribution in [0.5, 0.6) is 5.75 Å². The zero-order chi connectivity index (χ0) is 14.5. The lowest BCUT2D eigenvalue weighted by Gasteiger charge is -2.11. The van der Waals surface area contributed by atoms with Crippen LogP contribution >= 0.6 is 11.3 Å². The van der Waals surface area contributed by atoms with Crippen molar-refractivity contribution < 1.29 is 4.74 Å². The monoisotopic (exact) mass is 288 g/mol. The first kappa shape index (κ1) is 14.3. The van der Waals surface area contributed by atoms with E-state index in [0.29, 0.717) is 12.2 Å². The number of aryl methyl sites for hydroxylation is 2. The van der Waals surface area contributed by atoms with Gasteiger partial charge >= 0.3 is 0 Å². The first-order valence-corrected chi connectivity index (χ1v) is 7.16. The van der Waals surface area contributed by atoms with Gasteiger partial charge in [-0.2, -0.15) is 5.26 Å². The number of ether oxygens (including phenoxy) is 1. The maximum absolute atomic E-state index is 8.92. The maximum Gasteiger partial charge on any atom is 0.205 e. The van der Waals surface area contributed by atoms with Crippen molar-refractivity contribution in [1.82, 2.24) is 10.2 Å². The van der Waals surface area contributed by atoms with Crippen molar-refractivity contribution in [3.63, 3.8) is 0 Å². The van der Waals surface area contributed by atoms with Crippen LogP contribution in [-0.4, -0.2) is 16.7 Å². The largest absolute Gasteiger partial charge is 0.486 e. The number of nitriles is 1. The highest BCUT2D eigenvalue weighted by Gasteiger charge is 2.09. The molecule has 1 heterocycles. The van der Waals surface area contributed by atoms with Crippen molar-refractivity contribution in [2.75, 3.05) is 11.9 Å². The molecule has 2 aromatic rings. The first-order valence-electron chi connectivity index (χ1n) is 6.34. The predicted octanol–water partition coefficient (Wildman–Crippen LogP) is 3.04. The quantitative estimate of drug-likeness (QED) is 0.915. The van der Waals surface area contributed by atoms with E-state index in [4.69, 9.17) is 10.00 Å². The summed E-state index contributed by atoms with van der Waals surface area (Å²) in [5.41, 5.74) is 2.56. The molecular weight excluding hydrogens is 272 g/mol. The fourth-order valence-electron chi connectivity index (χ4n) is 1.91. The third-order valence-electron chi connectivity index (χ3n) is 2.72. The summed E-state index contributed by atoms with van der Waals surface area (Å²) in [6, 6.07) is 5.79. The Morgan fingerprint density at radius 3 is 2.60 bits per heavy atom. The summed E-state index contributed by atoms with van der Waals surface area (Å²) < 4.78 is 5.82. The van der Waals surface area contributed by atoms with Gasteiger partial charge in [0.25, 0.3) is 0 Å². The topological polar surface area (TPSA) is 70.8 Å². The average molecular weight is 288 g/mol. The van der Waals surface area contributed by atoms with Gasteiger partial charge in [0.2, 0.25) is 5.13 Å². The molecule has 0 aliphatic carbocycles. The normalized spacial score (nSPS) is 10.1. The van der Waals surface area contributed by atoms with E-state index in [1.165, 1.54) is 11.3 Å². The molecule has 104 valence electrons. The zero-order valence-electron chi connectivity index (χ0n) is 11.7. The molecule has 0 aliphatic rings. The summed E-state index contributed by atoms with van der Waals surface area (Å²) in [5, 5.41) is 21.8. The van der Waals surface area contributed by atoms with Gasteiger partial charge in [-0.15, -0.1) is 10.2 Å². The minimum Gasteiger partial charge on any atom is -0.486 e. The molecule has 20 heavy (non-hydrogen) atoms. The Kier molecular flexibility index (Phi) is 4.53. The fourth-order valence-corrected chi connectivity index (χ4v) is 2.63. The molecule has 0 saturated heterocycles. The highest BCUT2D eigenvalue weighted by Crippen LogP contribution is 2.26. The molecule has 0 aliphatic heterocycles. The van der Waals surface area contributed by atoms with Gasteiger partial charge in [0.1, 0.15) is 12.4 Å². The van der Waals surface area contributed by atoms with Crippen molar-refractivity contribution in [3.8, 4) is 11.8 Å². The van der Waals surface area contributed by atoms with E-state index in [-0.39, 0.29) is 0 Å². The van der Waals surface area contributed by atoms with Crippen LogP contribution in [0.1, 0.15) is 28.6 Å². The SMILES string of the molecule is CCNc1nnc(COc2c(C)cc(C#N)cc2C)s1. The first-order chi connectivity index (χ1) is 9.63. The lowest BCUT2D eigenvalue weighted by Crippen LogP contribution is -1.99. The molecule has 0 fully saturated rings. The van der Waals surface area contributed by atoms with Crippen molar-refractivity contribution in [2.45, 2.75) is 27.4 Å². The molecule has 5 nitrogen and oxygen atoms in total. The van der Waals surface area contributed by atoms with Gasteiger partial charge in [0.15, 0.2) is 5.01 Å². The van der Waals surface area contributed by atoms with Crippen LogP contribution in [0, 0.1) is 25.2 Å². The Morgan fingerprint density at radius 2 is 2.00 bits per heavy atom. The van der Waals surface area contributed by atoms with Gasteiger partial charge in [-0.05, 0) is 44.0 Å². The van der Waals surface area contributed by atoms with Gasteiger partial charge in [0.05, 0.1) is 11.6 Å². The Balaban J connectivity index is 2.09. The van der Waals surface area contributed by atoms with Gasteiger partial charge in [0, 0.05) is 6.54 Å². The Hall–Kier alpha value is -2.13. The Labute approximate surface area is 122 Å². The van der Waals surface area contributed by atoms with Crippen LogP contribution in [0.3, 0.4) is 0 Å². The lowest BCUT2D eigenvalue weighted by molar-refractivity contribution is 0.300. The summed E-state index contributed by atoms with van der Waals surface area (Å²) in [7, 11) is 0. The molecule has 0 radical (unpaired) electrons. The highest BCUT2D eigenvalue weighted by atomic mass is 32.1. The number of nitrogens with one attached hydrogen (secondary N) is 1. The molecule has 1 aromatic heterocycles. The van der Waals surface area contributed by atoms with Crippen LogP contribution in [0.15, 0.2) is 12.1 Å². The summed E-state index contributed by atoms with van der Waals surface area (Å²) in [6.45, 7) is 7.10. The minimum atomic E-state index is 0.386. The Bertz CT molecular complexity index is 622. The molecule has 0 bridgehead atoms. The molecule has 1 aromatic carbocycles. The summed E-state index contributed by atoms with van der Waals surface area (Å²) in [5.74, 6) is 0.809. The molecule has 6 heteroatoms. The molecule has 0 saturated carbocycles. The van der Waals surface area contributed by atoms with Crippen molar-refractivity contribution in [1.29, 1.82) is 5.26 Å². The molecule has 0 amide bonds. The maximum atomic E-state index is 8.92. The molecular formula is C14H16N4OS. The number of aromatic nitrogens is 2. The summed E-state index contributed by atoms with van der Waals surface area (Å²) in [4.78, 5) is 0. The van der Waals surface area contributed by atoms with E-state index in [1.807, 2.05) is 32.9 Å². The highest BCUT2D eigenvalue weighted by molar-refractivity contribution is 7.15. The van der Waals surface area contributed by atoms with Crippen LogP contribution in [0.2, 0.25) is 0 Å². The second-order valence-electron chi connectivity index (χ2n) is 4.37. The van der Waals surface area contributed by atoms with E-state index < -0.39 is 0 Å². The van der Waals surface area contributed by atoms with E-state index in [1.54, 1.807) is 0 Å². The van der Waals surface area contributed by atoms with Gasteiger partial charge in [-0.25, -0.2) is 0 Å². The second kappa shape index (κ2) is 6.35. The van der Waals surface area contributed by atoms with Gasteiger partial charge < -0.3 is 10.1 Å². The Morgan fingerprint density at radius 1 is 1.30 bits per heavy atom. The van der Waals surface area contributed by atoms with Crippen LogP contribution in [-0.2, 0) is 6.61 Å². The van der Waals surface area contributed by atoms with E-state index in [2.05, 4.69) is 21.6 Å². The fraction of sp³-hybridized carbons (Fsp3) is 0.357. The van der Waals surface area contributed by atoms with E-state index >= 15 is 0 Å². The molecule has 0 unspecified atom stereocenters. The predicted molar refractivity (Wildman–Crippen MR) is 79.0 cm³/mol. The van der Waals surface area contributed by atoms with E-state index in [9.17, 15) is 0 Å². The van der Waals surface area contributed by atoms with Crippen LogP contribution in [0.4, 0.5) is 5.13 Å². The molecule has 0 spiro atoms. The van der Waals surface area contributed by atoms with Gasteiger partial charge in [-0.1, -0.05) is 11.3 Å². The summed E-state index contributed by atoms with van der Waals surface area (Å²) in [6.07, 6.45) is 0. The molecule has 1 N–H and O–H groups in total. The smallest absolute Gasteiger partial charge is 0.205 e. The molecule has 0 atom stereocenters. The number of hydrogen-bond donors (Lipinski definition) is 1.